The Bertz CT molecular complexity index is 1280. The van der Waals surface area contributed by atoms with E-state index in [0.29, 0.717) is 32.2 Å². The molecule has 11 heteroatoms. The Morgan fingerprint density at radius 2 is 1.87 bits per heavy atom. The van der Waals surface area contributed by atoms with Crippen LogP contribution in [0.2, 0.25) is 10.0 Å². The second-order valence-electron chi connectivity index (χ2n) is 6.60. The molecule has 0 saturated heterocycles. The minimum atomic E-state index is -3.72. The van der Waals surface area contributed by atoms with Gasteiger partial charge >= 0.3 is 0 Å². The van der Waals surface area contributed by atoms with Crippen molar-refractivity contribution in [1.82, 2.24) is 9.71 Å². The normalized spacial score (nSPS) is 11.1. The van der Waals surface area contributed by atoms with Crippen LogP contribution in [-0.2, 0) is 16.6 Å². The van der Waals surface area contributed by atoms with E-state index in [-0.39, 0.29) is 5.69 Å². The van der Waals surface area contributed by atoms with Crippen molar-refractivity contribution in [2.24, 2.45) is 0 Å². The van der Waals surface area contributed by atoms with Crippen LogP contribution in [0.1, 0.15) is 26.5 Å². The van der Waals surface area contributed by atoms with Crippen LogP contribution >= 0.6 is 34.5 Å². The predicted octanol–water partition coefficient (Wildman–Crippen LogP) is 4.66. The largest absolute Gasteiger partial charge is 0.313 e. The van der Waals surface area contributed by atoms with Crippen LogP contribution in [0.4, 0.5) is 10.8 Å². The van der Waals surface area contributed by atoms with Gasteiger partial charge in [-0.2, -0.15) is 5.26 Å². The highest BCUT2D eigenvalue weighted by Gasteiger charge is 2.22. The third-order valence-corrected chi connectivity index (χ3v) is 6.43. The molecule has 0 aliphatic carbocycles. The molecule has 3 rings (SSSR count). The van der Waals surface area contributed by atoms with E-state index in [2.05, 4.69) is 11.1 Å². The molecule has 31 heavy (non-hydrogen) atoms. The lowest BCUT2D eigenvalue weighted by Crippen LogP contribution is -2.30. The van der Waals surface area contributed by atoms with Crippen molar-refractivity contribution in [2.45, 2.75) is 13.5 Å². The Kier molecular flexibility index (Phi) is 6.86. The number of nitrogens with one attached hydrogen (secondary N) is 1. The van der Waals surface area contributed by atoms with Gasteiger partial charge in [-0.1, -0.05) is 29.3 Å². The minimum Gasteiger partial charge on any atom is -0.313 e. The molecule has 160 valence electrons. The highest BCUT2D eigenvalue weighted by atomic mass is 35.5. The Hall–Kier alpha value is -2.64. The van der Waals surface area contributed by atoms with Crippen molar-refractivity contribution in [3.63, 3.8) is 0 Å². The second-order valence-corrected chi connectivity index (χ2v) is 10.3. The van der Waals surface area contributed by atoms with Gasteiger partial charge < -0.3 is 4.90 Å². The molecule has 2 aromatic carbocycles. The quantitative estimate of drug-likeness (QED) is 0.534. The third kappa shape index (κ3) is 5.74. The number of nitriles is 1. The first-order valence-corrected chi connectivity index (χ1v) is 12.2. The van der Waals surface area contributed by atoms with E-state index in [1.807, 2.05) is 15.7 Å². The Labute approximate surface area is 193 Å². The Morgan fingerprint density at radius 3 is 2.45 bits per heavy atom. The number of nitrogens with zero attached hydrogens (tertiary/aromatic N) is 3. The molecular formula is C20H16Cl2N4O3S2. The van der Waals surface area contributed by atoms with Crippen LogP contribution in [0.25, 0.3) is 0 Å². The molecule has 0 fully saturated rings. The summed E-state index contributed by atoms with van der Waals surface area (Å²) in [5.41, 5.74) is 2.10. The molecule has 0 spiro atoms. The number of hydrogen-bond acceptors (Lipinski definition) is 7. The lowest BCUT2D eigenvalue weighted by atomic mass is 10.1. The highest BCUT2D eigenvalue weighted by Crippen LogP contribution is 2.34. The molecule has 1 aromatic heterocycles. The van der Waals surface area contributed by atoms with Gasteiger partial charge in [-0.25, -0.2) is 18.1 Å². The van der Waals surface area contributed by atoms with Crippen LogP contribution < -0.4 is 9.62 Å². The molecule has 0 bridgehead atoms. The van der Waals surface area contributed by atoms with Gasteiger partial charge in [0.2, 0.25) is 10.0 Å². The fraction of sp³-hybridized carbons (Fsp3) is 0.150. The van der Waals surface area contributed by atoms with E-state index in [0.717, 1.165) is 17.5 Å². The van der Waals surface area contributed by atoms with Crippen molar-refractivity contribution >= 4 is 61.3 Å². The van der Waals surface area contributed by atoms with Crippen molar-refractivity contribution in [1.29, 1.82) is 5.26 Å². The van der Waals surface area contributed by atoms with Gasteiger partial charge in [0.05, 0.1) is 34.5 Å². The number of rotatable bonds is 6. The number of amides is 1. The molecule has 1 heterocycles. The second kappa shape index (κ2) is 9.24. The van der Waals surface area contributed by atoms with Crippen molar-refractivity contribution in [2.75, 3.05) is 11.2 Å². The molecule has 0 atom stereocenters. The fourth-order valence-electron chi connectivity index (χ4n) is 2.73. The molecule has 0 unspecified atom stereocenters. The van der Waals surface area contributed by atoms with Crippen LogP contribution in [0.3, 0.4) is 0 Å². The number of thiazole rings is 1. The summed E-state index contributed by atoms with van der Waals surface area (Å²) in [5.74, 6) is -0.795. The monoisotopic (exact) mass is 494 g/mol. The van der Waals surface area contributed by atoms with Crippen molar-refractivity contribution in [3.8, 4) is 6.07 Å². The Balaban J connectivity index is 2.03. The standard InChI is InChI=1S/C20H16Cl2N4O3S2/c1-12-18(19(27)25-31(2,28)29)24-20(30-12)26(15-6-3-13(10-23)4-7-15)11-14-5-8-16(21)17(22)9-14/h3-9H,11H2,1-2H3,(H,25,27). The summed E-state index contributed by atoms with van der Waals surface area (Å²) in [6, 6.07) is 14.2. The minimum absolute atomic E-state index is 0.0261. The SMILES string of the molecule is Cc1sc(N(Cc2ccc(Cl)c(Cl)c2)c2ccc(C#N)cc2)nc1C(=O)NS(C)(=O)=O. The molecule has 0 radical (unpaired) electrons. The van der Waals surface area contributed by atoms with Gasteiger partial charge in [-0.3, -0.25) is 4.79 Å². The van der Waals surface area contributed by atoms with E-state index in [9.17, 15) is 13.2 Å². The number of hydrogen-bond donors (Lipinski definition) is 1. The first-order chi connectivity index (χ1) is 14.6. The number of halogens is 2. The molecule has 3 aromatic rings. The number of carbonyl (C=O) groups excluding carboxylic acids is 1. The maximum atomic E-state index is 12.3. The van der Waals surface area contributed by atoms with E-state index in [4.69, 9.17) is 28.5 Å². The molecule has 7 nitrogen and oxygen atoms in total. The fourth-order valence-corrected chi connectivity index (χ4v) is 4.41. The topological polar surface area (TPSA) is 103 Å². The van der Waals surface area contributed by atoms with Gasteiger partial charge in [0.1, 0.15) is 5.69 Å². The molecule has 1 amide bonds. The first-order valence-electron chi connectivity index (χ1n) is 8.78. The number of anilines is 2. The smallest absolute Gasteiger partial charge is 0.284 e. The summed E-state index contributed by atoms with van der Waals surface area (Å²) in [7, 11) is -3.72. The van der Waals surface area contributed by atoms with Crippen molar-refractivity contribution in [3.05, 3.63) is 74.2 Å². The van der Waals surface area contributed by atoms with E-state index < -0.39 is 15.9 Å². The maximum Gasteiger partial charge on any atom is 0.284 e. The molecule has 1 N–H and O–H groups in total. The zero-order chi connectivity index (χ0) is 22.8. The first kappa shape index (κ1) is 23.0. The van der Waals surface area contributed by atoms with Crippen LogP contribution in [-0.4, -0.2) is 25.6 Å². The highest BCUT2D eigenvalue weighted by molar-refractivity contribution is 7.89. The number of aromatic nitrogens is 1. The number of benzene rings is 2. The third-order valence-electron chi connectivity index (χ3n) is 4.14. The predicted molar refractivity (Wildman–Crippen MR) is 123 cm³/mol. The number of sulfonamides is 1. The summed E-state index contributed by atoms with van der Waals surface area (Å²) < 4.78 is 24.8. The van der Waals surface area contributed by atoms with Crippen molar-refractivity contribution < 1.29 is 13.2 Å². The van der Waals surface area contributed by atoms with E-state index in [1.165, 1.54) is 11.3 Å². The number of carbonyl (C=O) groups is 1. The van der Waals surface area contributed by atoms with Gasteiger partial charge in [0.15, 0.2) is 5.13 Å². The van der Waals surface area contributed by atoms with Gasteiger partial charge in [-0.15, -0.1) is 11.3 Å². The van der Waals surface area contributed by atoms with E-state index in [1.54, 1.807) is 43.3 Å². The van der Waals surface area contributed by atoms with Crippen LogP contribution in [0.15, 0.2) is 42.5 Å². The summed E-state index contributed by atoms with van der Waals surface area (Å²) in [6.07, 6.45) is 0.904. The molecule has 0 aliphatic rings. The van der Waals surface area contributed by atoms with E-state index >= 15 is 0 Å². The summed E-state index contributed by atoms with van der Waals surface area (Å²) in [6.45, 7) is 2.04. The molecular weight excluding hydrogens is 479 g/mol. The van der Waals surface area contributed by atoms with Gasteiger partial charge in [-0.05, 0) is 48.9 Å². The zero-order valence-corrected chi connectivity index (χ0v) is 19.5. The lowest BCUT2D eigenvalue weighted by molar-refractivity contribution is 0.0977. The van der Waals surface area contributed by atoms with Crippen LogP contribution in [0.5, 0.6) is 0 Å². The average Bonchev–Trinajstić information content (AvgIpc) is 3.09. The molecule has 0 aliphatic heterocycles. The summed E-state index contributed by atoms with van der Waals surface area (Å²) in [5, 5.41) is 10.4. The zero-order valence-electron chi connectivity index (χ0n) is 16.4. The van der Waals surface area contributed by atoms with Gasteiger partial charge in [0.25, 0.3) is 5.91 Å². The van der Waals surface area contributed by atoms with Gasteiger partial charge in [0, 0.05) is 10.6 Å². The lowest BCUT2D eigenvalue weighted by Gasteiger charge is -2.22. The average molecular weight is 495 g/mol. The summed E-state index contributed by atoms with van der Waals surface area (Å²) in [4.78, 5) is 19.1. The Morgan fingerprint density at radius 1 is 1.19 bits per heavy atom. The summed E-state index contributed by atoms with van der Waals surface area (Å²) >= 11 is 13.4. The maximum absolute atomic E-state index is 12.3. The van der Waals surface area contributed by atoms with Crippen LogP contribution in [0, 0.1) is 18.3 Å². The number of aryl methyl sites for hydroxylation is 1. The molecule has 0 saturated carbocycles.